The number of hydrogen-bond donors (Lipinski definition) is 0. The van der Waals surface area contributed by atoms with Crippen LogP contribution in [-0.4, -0.2) is 42.9 Å². The second-order valence-electron chi connectivity index (χ2n) is 7.05. The molecule has 2 aliphatic rings. The Balaban J connectivity index is 1.56. The predicted molar refractivity (Wildman–Crippen MR) is 91.7 cm³/mol. The monoisotopic (exact) mass is 300 g/mol. The average molecular weight is 300 g/mol. The molecule has 0 radical (unpaired) electrons. The van der Waals surface area contributed by atoms with Crippen molar-refractivity contribution in [3.05, 3.63) is 29.8 Å². The van der Waals surface area contributed by atoms with Gasteiger partial charge in [0.15, 0.2) is 5.78 Å². The van der Waals surface area contributed by atoms with E-state index in [1.54, 1.807) is 6.92 Å². The highest BCUT2D eigenvalue weighted by molar-refractivity contribution is 5.94. The van der Waals surface area contributed by atoms with E-state index in [0.717, 1.165) is 30.6 Å². The topological polar surface area (TPSA) is 23.6 Å². The molecule has 0 aromatic heterocycles. The minimum Gasteiger partial charge on any atom is -0.369 e. The molecule has 1 heterocycles. The summed E-state index contributed by atoms with van der Waals surface area (Å²) >= 11 is 0. The van der Waals surface area contributed by atoms with E-state index < -0.39 is 0 Å². The summed E-state index contributed by atoms with van der Waals surface area (Å²) in [6.07, 6.45) is 5.59. The SMILES string of the molecule is CC(=O)c1ccc(N2CCN([C@H]3CCC[C@H](C)C3)CC2)cc1. The molecule has 120 valence electrons. The molecular weight excluding hydrogens is 272 g/mol. The summed E-state index contributed by atoms with van der Waals surface area (Å²) in [5.41, 5.74) is 2.06. The van der Waals surface area contributed by atoms with Crippen LogP contribution in [0.4, 0.5) is 5.69 Å². The van der Waals surface area contributed by atoms with Crippen molar-refractivity contribution in [3.63, 3.8) is 0 Å². The Labute approximate surface area is 134 Å². The van der Waals surface area contributed by atoms with Gasteiger partial charge in [-0.1, -0.05) is 19.8 Å². The lowest BCUT2D eigenvalue weighted by Gasteiger charge is -2.42. The zero-order valence-electron chi connectivity index (χ0n) is 13.9. The van der Waals surface area contributed by atoms with Gasteiger partial charge < -0.3 is 4.90 Å². The number of ketones is 1. The highest BCUT2D eigenvalue weighted by Gasteiger charge is 2.27. The molecule has 1 aromatic rings. The number of anilines is 1. The minimum atomic E-state index is 0.141. The number of hydrogen-bond acceptors (Lipinski definition) is 3. The predicted octanol–water partition coefficient (Wildman–Crippen LogP) is 3.59. The van der Waals surface area contributed by atoms with Gasteiger partial charge in [0.2, 0.25) is 0 Å². The molecule has 1 aliphatic heterocycles. The lowest BCUT2D eigenvalue weighted by Crippen LogP contribution is -2.51. The lowest BCUT2D eigenvalue weighted by molar-refractivity contribution is 0.101. The van der Waals surface area contributed by atoms with Crippen LogP contribution in [0.15, 0.2) is 24.3 Å². The first-order valence-electron chi connectivity index (χ1n) is 8.73. The van der Waals surface area contributed by atoms with Crippen molar-refractivity contribution < 1.29 is 4.79 Å². The summed E-state index contributed by atoms with van der Waals surface area (Å²) in [6.45, 7) is 8.57. The fourth-order valence-corrected chi connectivity index (χ4v) is 3.99. The zero-order valence-corrected chi connectivity index (χ0v) is 13.9. The molecule has 3 nitrogen and oxygen atoms in total. The maximum Gasteiger partial charge on any atom is 0.159 e. The molecule has 1 saturated heterocycles. The summed E-state index contributed by atoms with van der Waals surface area (Å²) in [4.78, 5) is 16.5. The number of carbonyl (C=O) groups excluding carboxylic acids is 1. The van der Waals surface area contributed by atoms with Gasteiger partial charge in [-0.15, -0.1) is 0 Å². The molecule has 0 amide bonds. The number of carbonyl (C=O) groups is 1. The molecule has 2 fully saturated rings. The number of benzene rings is 1. The third-order valence-corrected chi connectivity index (χ3v) is 5.38. The summed E-state index contributed by atoms with van der Waals surface area (Å²) in [6, 6.07) is 8.90. The largest absolute Gasteiger partial charge is 0.369 e. The van der Waals surface area contributed by atoms with Crippen LogP contribution in [0.1, 0.15) is 49.9 Å². The van der Waals surface area contributed by atoms with Gasteiger partial charge in [0.1, 0.15) is 0 Å². The van der Waals surface area contributed by atoms with Gasteiger partial charge in [-0.05, 0) is 49.9 Å². The van der Waals surface area contributed by atoms with Crippen LogP contribution in [0.5, 0.6) is 0 Å². The number of nitrogens with zero attached hydrogens (tertiary/aromatic N) is 2. The molecule has 1 aromatic carbocycles. The van der Waals surface area contributed by atoms with Crippen LogP contribution >= 0.6 is 0 Å². The number of piperazine rings is 1. The van der Waals surface area contributed by atoms with Gasteiger partial charge in [0.05, 0.1) is 0 Å². The summed E-state index contributed by atoms with van der Waals surface area (Å²) < 4.78 is 0. The Kier molecular flexibility index (Phi) is 4.82. The van der Waals surface area contributed by atoms with Crippen LogP contribution in [0, 0.1) is 5.92 Å². The van der Waals surface area contributed by atoms with Crippen LogP contribution < -0.4 is 4.90 Å². The van der Waals surface area contributed by atoms with Gasteiger partial charge >= 0.3 is 0 Å². The van der Waals surface area contributed by atoms with Gasteiger partial charge in [-0.2, -0.15) is 0 Å². The smallest absolute Gasteiger partial charge is 0.159 e. The van der Waals surface area contributed by atoms with Crippen molar-refractivity contribution in [2.75, 3.05) is 31.1 Å². The fraction of sp³-hybridized carbons (Fsp3) is 0.632. The maximum atomic E-state index is 11.4. The van der Waals surface area contributed by atoms with E-state index in [-0.39, 0.29) is 5.78 Å². The van der Waals surface area contributed by atoms with Gasteiger partial charge in [0.25, 0.3) is 0 Å². The van der Waals surface area contributed by atoms with Crippen molar-refractivity contribution in [1.29, 1.82) is 0 Å². The van der Waals surface area contributed by atoms with Gasteiger partial charge in [-0.3, -0.25) is 9.69 Å². The van der Waals surface area contributed by atoms with Crippen LogP contribution in [0.2, 0.25) is 0 Å². The Morgan fingerprint density at radius 3 is 2.32 bits per heavy atom. The van der Waals surface area contributed by atoms with Gasteiger partial charge in [0, 0.05) is 43.5 Å². The molecule has 3 heteroatoms. The quantitative estimate of drug-likeness (QED) is 0.797. The minimum absolute atomic E-state index is 0.141. The van der Waals surface area contributed by atoms with Crippen LogP contribution in [0.3, 0.4) is 0 Å². The molecule has 0 bridgehead atoms. The van der Waals surface area contributed by atoms with E-state index in [1.807, 2.05) is 12.1 Å². The Morgan fingerprint density at radius 1 is 1.05 bits per heavy atom. The molecule has 0 unspecified atom stereocenters. The average Bonchev–Trinajstić information content (AvgIpc) is 2.55. The molecule has 22 heavy (non-hydrogen) atoms. The van der Waals surface area contributed by atoms with Crippen LogP contribution in [0.25, 0.3) is 0 Å². The number of Topliss-reactive ketones (excluding diaryl/α,β-unsaturated/α-hetero) is 1. The summed E-state index contributed by atoms with van der Waals surface area (Å²) in [7, 11) is 0. The molecule has 1 saturated carbocycles. The summed E-state index contributed by atoms with van der Waals surface area (Å²) in [5.74, 6) is 1.04. The van der Waals surface area contributed by atoms with Crippen LogP contribution in [-0.2, 0) is 0 Å². The Bertz CT molecular complexity index is 503. The molecule has 0 spiro atoms. The Morgan fingerprint density at radius 2 is 1.73 bits per heavy atom. The van der Waals surface area contributed by atoms with E-state index in [1.165, 1.54) is 44.5 Å². The first-order valence-corrected chi connectivity index (χ1v) is 8.73. The van der Waals surface area contributed by atoms with E-state index in [4.69, 9.17) is 0 Å². The van der Waals surface area contributed by atoms with Crippen molar-refractivity contribution >= 4 is 11.5 Å². The van der Waals surface area contributed by atoms with E-state index >= 15 is 0 Å². The molecule has 0 N–H and O–H groups in total. The van der Waals surface area contributed by atoms with Gasteiger partial charge in [-0.25, -0.2) is 0 Å². The maximum absolute atomic E-state index is 11.4. The van der Waals surface area contributed by atoms with E-state index in [2.05, 4.69) is 28.9 Å². The third-order valence-electron chi connectivity index (χ3n) is 5.38. The fourth-order valence-electron chi connectivity index (χ4n) is 3.99. The second kappa shape index (κ2) is 6.82. The van der Waals surface area contributed by atoms with E-state index in [9.17, 15) is 4.79 Å². The standard InChI is InChI=1S/C19H28N2O/c1-15-4-3-5-19(14-15)21-12-10-20(11-13-21)18-8-6-17(7-9-18)16(2)22/h6-9,15,19H,3-5,10-14H2,1-2H3/t15-,19-/m0/s1. The first-order chi connectivity index (χ1) is 10.6. The van der Waals surface area contributed by atoms with Crippen molar-refractivity contribution in [2.24, 2.45) is 5.92 Å². The summed E-state index contributed by atoms with van der Waals surface area (Å²) in [5, 5.41) is 0. The van der Waals surface area contributed by atoms with Crippen molar-refractivity contribution in [1.82, 2.24) is 4.90 Å². The highest BCUT2D eigenvalue weighted by Crippen LogP contribution is 2.28. The lowest BCUT2D eigenvalue weighted by atomic mass is 9.86. The molecule has 2 atom stereocenters. The highest BCUT2D eigenvalue weighted by atomic mass is 16.1. The van der Waals surface area contributed by atoms with Crippen molar-refractivity contribution in [3.8, 4) is 0 Å². The second-order valence-corrected chi connectivity index (χ2v) is 7.05. The first kappa shape index (κ1) is 15.5. The van der Waals surface area contributed by atoms with Crippen molar-refractivity contribution in [2.45, 2.75) is 45.6 Å². The van der Waals surface area contributed by atoms with E-state index in [0.29, 0.717) is 0 Å². The third kappa shape index (κ3) is 3.52. The molecular formula is C19H28N2O. The normalized spacial score (nSPS) is 26.9. The Hall–Kier alpha value is -1.35. The molecule has 3 rings (SSSR count). The number of rotatable bonds is 3. The zero-order chi connectivity index (χ0) is 15.5. The molecule has 1 aliphatic carbocycles.